The van der Waals surface area contributed by atoms with Crippen molar-refractivity contribution in [3.63, 3.8) is 0 Å². The Morgan fingerprint density at radius 2 is 2.00 bits per heavy atom. The molecule has 0 bridgehead atoms. The lowest BCUT2D eigenvalue weighted by atomic mass is 10.1. The average molecular weight is 354 g/mol. The molecule has 0 radical (unpaired) electrons. The van der Waals surface area contributed by atoms with Crippen molar-refractivity contribution in [1.29, 1.82) is 0 Å². The molecular formula is C16H20BrNO3. The Bertz CT molecular complexity index is 538. The van der Waals surface area contributed by atoms with Crippen molar-refractivity contribution in [1.82, 2.24) is 4.90 Å². The summed E-state index contributed by atoms with van der Waals surface area (Å²) in [6.45, 7) is 1.96. The van der Waals surface area contributed by atoms with E-state index >= 15 is 0 Å². The first-order valence-electron chi connectivity index (χ1n) is 7.17. The van der Waals surface area contributed by atoms with E-state index in [1.807, 2.05) is 25.1 Å². The van der Waals surface area contributed by atoms with Crippen molar-refractivity contribution in [2.45, 2.75) is 38.6 Å². The Hall–Kier alpha value is -1.36. The molecule has 21 heavy (non-hydrogen) atoms. The van der Waals surface area contributed by atoms with Crippen LogP contribution in [-0.2, 0) is 9.53 Å². The van der Waals surface area contributed by atoms with Crippen LogP contribution in [0.15, 0.2) is 22.7 Å². The van der Waals surface area contributed by atoms with Crippen LogP contribution in [0.5, 0.6) is 0 Å². The summed E-state index contributed by atoms with van der Waals surface area (Å²) in [4.78, 5) is 26.1. The molecule has 1 aliphatic carbocycles. The monoisotopic (exact) mass is 353 g/mol. The lowest BCUT2D eigenvalue weighted by Crippen LogP contribution is -2.42. The molecule has 0 aliphatic heterocycles. The summed E-state index contributed by atoms with van der Waals surface area (Å²) in [6, 6.07) is 5.80. The van der Waals surface area contributed by atoms with Crippen LogP contribution in [-0.4, -0.2) is 36.5 Å². The molecule has 5 heteroatoms. The second-order valence-corrected chi connectivity index (χ2v) is 6.29. The van der Waals surface area contributed by atoms with Crippen molar-refractivity contribution in [2.24, 2.45) is 0 Å². The molecule has 114 valence electrons. The third-order valence-corrected chi connectivity index (χ3v) is 4.60. The Morgan fingerprint density at radius 1 is 1.33 bits per heavy atom. The standard InChI is InChI=1S/C16H20BrNO3/c1-11-7-8-14(17)13(9-11)16(20)18(10-15(19)21-2)12-5-3-4-6-12/h7-9,12H,3-6,10H2,1-2H3. The van der Waals surface area contributed by atoms with Gasteiger partial charge in [-0.25, -0.2) is 0 Å². The van der Waals surface area contributed by atoms with Crippen molar-refractivity contribution >= 4 is 27.8 Å². The highest BCUT2D eigenvalue weighted by atomic mass is 79.9. The normalized spacial score (nSPS) is 15.0. The molecular weight excluding hydrogens is 334 g/mol. The number of hydrogen-bond donors (Lipinski definition) is 0. The van der Waals surface area contributed by atoms with Gasteiger partial charge in [0.15, 0.2) is 0 Å². The number of nitrogens with zero attached hydrogens (tertiary/aromatic N) is 1. The van der Waals surface area contributed by atoms with Gasteiger partial charge in [0.2, 0.25) is 0 Å². The Balaban J connectivity index is 2.28. The van der Waals surface area contributed by atoms with Gasteiger partial charge in [-0.2, -0.15) is 0 Å². The zero-order valence-corrected chi connectivity index (χ0v) is 14.0. The van der Waals surface area contributed by atoms with Crippen LogP contribution in [0.4, 0.5) is 0 Å². The van der Waals surface area contributed by atoms with E-state index in [0.717, 1.165) is 35.7 Å². The highest BCUT2D eigenvalue weighted by Gasteiger charge is 2.30. The van der Waals surface area contributed by atoms with E-state index in [2.05, 4.69) is 15.9 Å². The number of carbonyl (C=O) groups excluding carboxylic acids is 2. The molecule has 1 saturated carbocycles. The quantitative estimate of drug-likeness (QED) is 0.780. The molecule has 1 aromatic carbocycles. The third-order valence-electron chi connectivity index (χ3n) is 3.91. The number of rotatable bonds is 4. The van der Waals surface area contributed by atoms with Gasteiger partial charge in [0.25, 0.3) is 5.91 Å². The first-order chi connectivity index (χ1) is 10.0. The number of amides is 1. The summed E-state index contributed by atoms with van der Waals surface area (Å²) in [5, 5.41) is 0. The van der Waals surface area contributed by atoms with Gasteiger partial charge in [-0.05, 0) is 47.8 Å². The number of ether oxygens (including phenoxy) is 1. The fourth-order valence-corrected chi connectivity index (χ4v) is 3.16. The summed E-state index contributed by atoms with van der Waals surface area (Å²) in [5.74, 6) is -0.484. The topological polar surface area (TPSA) is 46.6 Å². The fraction of sp³-hybridized carbons (Fsp3) is 0.500. The van der Waals surface area contributed by atoms with Gasteiger partial charge < -0.3 is 9.64 Å². The highest BCUT2D eigenvalue weighted by molar-refractivity contribution is 9.10. The largest absolute Gasteiger partial charge is 0.468 e. The van der Waals surface area contributed by atoms with Crippen LogP contribution >= 0.6 is 15.9 Å². The maximum Gasteiger partial charge on any atom is 0.325 e. The molecule has 0 aromatic heterocycles. The summed E-state index contributed by atoms with van der Waals surface area (Å²) in [6.07, 6.45) is 4.10. The zero-order valence-electron chi connectivity index (χ0n) is 12.4. The second kappa shape index (κ2) is 7.07. The lowest BCUT2D eigenvalue weighted by molar-refractivity contribution is -0.141. The Morgan fingerprint density at radius 3 is 2.62 bits per heavy atom. The van der Waals surface area contributed by atoms with Crippen LogP contribution < -0.4 is 0 Å². The molecule has 1 aliphatic rings. The SMILES string of the molecule is COC(=O)CN(C(=O)c1cc(C)ccc1Br)C1CCCC1. The molecule has 0 saturated heterocycles. The maximum absolute atomic E-state index is 12.8. The van der Waals surface area contributed by atoms with Crippen LogP contribution in [0.2, 0.25) is 0 Å². The van der Waals surface area contributed by atoms with Gasteiger partial charge in [0.05, 0.1) is 12.7 Å². The van der Waals surface area contributed by atoms with E-state index in [0.29, 0.717) is 5.56 Å². The number of esters is 1. The van der Waals surface area contributed by atoms with E-state index in [1.54, 1.807) is 4.90 Å². The van der Waals surface area contributed by atoms with Crippen molar-refractivity contribution in [3.05, 3.63) is 33.8 Å². The molecule has 1 aromatic rings. The molecule has 0 atom stereocenters. The maximum atomic E-state index is 12.8. The van der Waals surface area contributed by atoms with Gasteiger partial charge in [0.1, 0.15) is 6.54 Å². The van der Waals surface area contributed by atoms with Crippen molar-refractivity contribution < 1.29 is 14.3 Å². The molecule has 0 spiro atoms. The molecule has 0 unspecified atom stereocenters. The minimum atomic E-state index is -0.376. The summed E-state index contributed by atoms with van der Waals surface area (Å²) in [5.41, 5.74) is 1.62. The molecule has 1 amide bonds. The smallest absolute Gasteiger partial charge is 0.325 e. The number of carbonyl (C=O) groups is 2. The minimum Gasteiger partial charge on any atom is -0.468 e. The number of methoxy groups -OCH3 is 1. The first kappa shape index (κ1) is 16.0. The summed E-state index contributed by atoms with van der Waals surface area (Å²) in [7, 11) is 1.35. The molecule has 0 heterocycles. The van der Waals surface area contributed by atoms with E-state index in [9.17, 15) is 9.59 Å². The predicted octanol–water partition coefficient (Wildman–Crippen LogP) is 3.32. The predicted molar refractivity (Wildman–Crippen MR) is 84.2 cm³/mol. The van der Waals surface area contributed by atoms with Crippen LogP contribution in [0.1, 0.15) is 41.6 Å². The first-order valence-corrected chi connectivity index (χ1v) is 7.96. The van der Waals surface area contributed by atoms with Crippen LogP contribution in [0, 0.1) is 6.92 Å². The lowest BCUT2D eigenvalue weighted by Gasteiger charge is -2.28. The van der Waals surface area contributed by atoms with Crippen LogP contribution in [0.3, 0.4) is 0 Å². The third kappa shape index (κ3) is 3.84. The van der Waals surface area contributed by atoms with E-state index in [-0.39, 0.29) is 24.5 Å². The summed E-state index contributed by atoms with van der Waals surface area (Å²) < 4.78 is 5.49. The molecule has 1 fully saturated rings. The van der Waals surface area contributed by atoms with Gasteiger partial charge in [-0.15, -0.1) is 0 Å². The molecule has 4 nitrogen and oxygen atoms in total. The number of halogens is 1. The van der Waals surface area contributed by atoms with Gasteiger partial charge in [-0.1, -0.05) is 24.5 Å². The van der Waals surface area contributed by atoms with E-state index in [4.69, 9.17) is 4.74 Å². The van der Waals surface area contributed by atoms with Gasteiger partial charge in [-0.3, -0.25) is 9.59 Å². The second-order valence-electron chi connectivity index (χ2n) is 5.43. The fourth-order valence-electron chi connectivity index (χ4n) is 2.74. The highest BCUT2D eigenvalue weighted by Crippen LogP contribution is 2.27. The van der Waals surface area contributed by atoms with Gasteiger partial charge in [0, 0.05) is 10.5 Å². The molecule has 0 N–H and O–H groups in total. The minimum absolute atomic E-state index is 0.0143. The molecule has 2 rings (SSSR count). The van der Waals surface area contributed by atoms with Crippen LogP contribution in [0.25, 0.3) is 0 Å². The Labute approximate surface area is 133 Å². The van der Waals surface area contributed by atoms with Crippen molar-refractivity contribution in [2.75, 3.05) is 13.7 Å². The summed E-state index contributed by atoms with van der Waals surface area (Å²) >= 11 is 3.43. The van der Waals surface area contributed by atoms with Gasteiger partial charge >= 0.3 is 5.97 Å². The number of aryl methyl sites for hydroxylation is 1. The average Bonchev–Trinajstić information content (AvgIpc) is 3.00. The van der Waals surface area contributed by atoms with E-state index < -0.39 is 0 Å². The number of benzene rings is 1. The Kier molecular flexibility index (Phi) is 5.39. The van der Waals surface area contributed by atoms with E-state index in [1.165, 1.54) is 7.11 Å². The van der Waals surface area contributed by atoms with Crippen molar-refractivity contribution in [3.8, 4) is 0 Å². The number of hydrogen-bond acceptors (Lipinski definition) is 3. The zero-order chi connectivity index (χ0) is 15.4.